The molecule has 1 radical (unpaired) electrons. The Morgan fingerprint density at radius 3 is 2.20 bits per heavy atom. The van der Waals surface area contributed by atoms with Gasteiger partial charge in [0.2, 0.25) is 0 Å². The maximum Gasteiger partial charge on any atom is 0.0713 e. The molecule has 0 aliphatic heterocycles. The average molecular weight is 287 g/mol. The third-order valence-corrected chi connectivity index (χ3v) is 4.90. The second-order valence-electron chi connectivity index (χ2n) is 5.00. The Morgan fingerprint density at radius 2 is 1.65 bits per heavy atom. The van der Waals surface area contributed by atoms with Gasteiger partial charge in [-0.05, 0) is 19.5 Å². The zero-order valence-electron chi connectivity index (χ0n) is 13.2. The Labute approximate surface area is 127 Å². The highest BCUT2D eigenvalue weighted by Crippen LogP contribution is 2.20. The predicted molar refractivity (Wildman–Crippen MR) is 94.2 cm³/mol. The van der Waals surface area contributed by atoms with Crippen LogP contribution >= 0.6 is 0 Å². The van der Waals surface area contributed by atoms with Crippen molar-refractivity contribution in [3.05, 3.63) is 59.7 Å². The Kier molecular flexibility index (Phi) is 9.01. The highest BCUT2D eigenvalue weighted by atomic mass is 28.2. The summed E-state index contributed by atoms with van der Waals surface area (Å²) in [5.74, 6) is 0. The van der Waals surface area contributed by atoms with Crippen molar-refractivity contribution in [2.45, 2.75) is 33.6 Å². The molecule has 2 rings (SSSR count). The smallest absolute Gasteiger partial charge is 0.0713 e. The first-order chi connectivity index (χ1) is 9.80. The van der Waals surface area contributed by atoms with Gasteiger partial charge in [-0.25, -0.2) is 0 Å². The van der Waals surface area contributed by atoms with E-state index in [-0.39, 0.29) is 9.52 Å². The monoisotopic (exact) mass is 286 g/mol. The van der Waals surface area contributed by atoms with Crippen LogP contribution in [-0.4, -0.2) is 22.6 Å². The Balaban J connectivity index is 0.000000347. The third kappa shape index (κ3) is 6.87. The Bertz CT molecular complexity index is 407. The lowest BCUT2D eigenvalue weighted by Gasteiger charge is -2.03. The Morgan fingerprint density at radius 1 is 0.950 bits per heavy atom. The molecule has 0 fully saturated rings. The number of allylic oxidation sites excluding steroid dienone is 4. The maximum atomic E-state index is 3.11. The van der Waals surface area contributed by atoms with Crippen LogP contribution in [0.1, 0.15) is 33.6 Å². The minimum absolute atomic E-state index is 0.230. The zero-order valence-corrected chi connectivity index (χ0v) is 14.6. The topological polar surface area (TPSA) is 12.0 Å². The lowest BCUT2D eigenvalue weighted by molar-refractivity contribution is 0.762. The summed E-state index contributed by atoms with van der Waals surface area (Å²) in [6.07, 6.45) is 9.46. The summed E-state index contributed by atoms with van der Waals surface area (Å²) in [5, 5.41) is 4.64. The van der Waals surface area contributed by atoms with Gasteiger partial charge in [0.15, 0.2) is 0 Å². The van der Waals surface area contributed by atoms with Gasteiger partial charge in [0.25, 0.3) is 0 Å². The van der Waals surface area contributed by atoms with Gasteiger partial charge in [0, 0.05) is 5.54 Å². The molecular formula is C18H28NSi. The molecule has 1 aromatic carbocycles. The van der Waals surface area contributed by atoms with Crippen LogP contribution in [-0.2, 0) is 0 Å². The molecule has 1 aliphatic carbocycles. The fourth-order valence-electron chi connectivity index (χ4n) is 2.18. The summed E-state index contributed by atoms with van der Waals surface area (Å²) >= 11 is 0. The van der Waals surface area contributed by atoms with Crippen LogP contribution in [0, 0.1) is 5.54 Å². The Hall–Kier alpha value is -1.12. The van der Waals surface area contributed by atoms with Crippen molar-refractivity contribution in [1.82, 2.24) is 5.32 Å². The van der Waals surface area contributed by atoms with Crippen molar-refractivity contribution < 1.29 is 0 Å². The van der Waals surface area contributed by atoms with Crippen LogP contribution < -0.4 is 10.5 Å². The minimum atomic E-state index is -0.230. The van der Waals surface area contributed by atoms with Crippen LogP contribution in [0.15, 0.2) is 54.1 Å². The minimum Gasteiger partial charge on any atom is -0.317 e. The average Bonchev–Trinajstić information content (AvgIpc) is 2.89. The summed E-state index contributed by atoms with van der Waals surface area (Å²) in [5.41, 5.74) is 3.08. The first-order valence-corrected chi connectivity index (χ1v) is 9.20. The number of nitrogens with one attached hydrogen (secondary N) is 1. The van der Waals surface area contributed by atoms with E-state index in [1.807, 2.05) is 0 Å². The summed E-state index contributed by atoms with van der Waals surface area (Å²) in [6.45, 7) is 8.63. The van der Waals surface area contributed by atoms with Gasteiger partial charge in [-0.3, -0.25) is 0 Å². The van der Waals surface area contributed by atoms with E-state index in [2.05, 4.69) is 74.6 Å². The zero-order chi connectivity index (χ0) is 14.6. The fourth-order valence-corrected chi connectivity index (χ4v) is 3.76. The van der Waals surface area contributed by atoms with Gasteiger partial charge in [-0.1, -0.05) is 86.5 Å². The highest BCUT2D eigenvalue weighted by Gasteiger charge is 2.10. The van der Waals surface area contributed by atoms with E-state index in [1.54, 1.807) is 5.54 Å². The van der Waals surface area contributed by atoms with Crippen molar-refractivity contribution in [2.75, 3.05) is 13.1 Å². The van der Waals surface area contributed by atoms with Crippen molar-refractivity contribution in [3.63, 3.8) is 0 Å². The lowest BCUT2D eigenvalue weighted by Crippen LogP contribution is -2.18. The maximum absolute atomic E-state index is 3.11. The van der Waals surface area contributed by atoms with Crippen molar-refractivity contribution in [2.24, 2.45) is 0 Å². The van der Waals surface area contributed by atoms with Gasteiger partial charge in [0.1, 0.15) is 0 Å². The van der Waals surface area contributed by atoms with E-state index in [1.165, 1.54) is 23.6 Å². The summed E-state index contributed by atoms with van der Waals surface area (Å²) in [7, 11) is -0.230. The molecule has 1 N–H and O–H groups in total. The van der Waals surface area contributed by atoms with E-state index >= 15 is 0 Å². The molecule has 1 aromatic rings. The second-order valence-corrected chi connectivity index (χ2v) is 6.98. The number of hydrogen-bond acceptors (Lipinski definition) is 1. The van der Waals surface area contributed by atoms with Gasteiger partial charge in [-0.2, -0.15) is 0 Å². The van der Waals surface area contributed by atoms with Gasteiger partial charge in [-0.15, -0.1) is 0 Å². The van der Waals surface area contributed by atoms with Gasteiger partial charge in [0.05, 0.1) is 9.52 Å². The molecule has 2 heteroatoms. The number of benzene rings is 1. The molecule has 0 amide bonds. The molecular weight excluding hydrogens is 258 g/mol. The normalized spacial score (nSPS) is 14.4. The standard InChI is InChI=1S/C14H17Si.C4H11N/c1-2-6-12-9-10-14(11-12)15-13-7-4-3-5-8-13;1-3-5-4-2/h3-5,7-11H,2,6,15H2,1H3;5H,3-4H2,1-2H3. The van der Waals surface area contributed by atoms with Crippen molar-refractivity contribution in [3.8, 4) is 0 Å². The summed E-state index contributed by atoms with van der Waals surface area (Å²) in [4.78, 5) is 0. The van der Waals surface area contributed by atoms with Crippen molar-refractivity contribution >= 4 is 14.7 Å². The van der Waals surface area contributed by atoms with Crippen LogP contribution in [0.5, 0.6) is 0 Å². The first-order valence-electron chi connectivity index (χ1n) is 7.79. The third-order valence-electron chi connectivity index (χ3n) is 3.17. The van der Waals surface area contributed by atoms with Gasteiger partial charge < -0.3 is 5.32 Å². The van der Waals surface area contributed by atoms with E-state index in [0.717, 1.165) is 13.1 Å². The number of hydrogen-bond donors (Lipinski definition) is 1. The largest absolute Gasteiger partial charge is 0.317 e. The van der Waals surface area contributed by atoms with Crippen molar-refractivity contribution in [1.29, 1.82) is 0 Å². The molecule has 109 valence electrons. The summed E-state index contributed by atoms with van der Waals surface area (Å²) < 4.78 is 0. The molecule has 0 unspecified atom stereocenters. The number of rotatable bonds is 6. The fraction of sp³-hybridized carbons (Fsp3) is 0.389. The van der Waals surface area contributed by atoms with Gasteiger partial charge >= 0.3 is 0 Å². The molecule has 1 nitrogen and oxygen atoms in total. The first kappa shape index (κ1) is 16.9. The van der Waals surface area contributed by atoms with E-state index in [4.69, 9.17) is 0 Å². The molecule has 0 atom stereocenters. The molecule has 0 spiro atoms. The lowest BCUT2D eigenvalue weighted by atomic mass is 10.2. The van der Waals surface area contributed by atoms with Crippen LogP contribution in [0.3, 0.4) is 0 Å². The molecule has 20 heavy (non-hydrogen) atoms. The second kappa shape index (κ2) is 10.6. The molecule has 0 saturated heterocycles. The van der Waals surface area contributed by atoms with Crippen LogP contribution in [0.25, 0.3) is 0 Å². The van der Waals surface area contributed by atoms with E-state index < -0.39 is 0 Å². The molecule has 1 aliphatic rings. The van der Waals surface area contributed by atoms with Crippen LogP contribution in [0.2, 0.25) is 0 Å². The summed E-state index contributed by atoms with van der Waals surface area (Å²) in [6, 6.07) is 10.9. The van der Waals surface area contributed by atoms with E-state index in [0.29, 0.717) is 0 Å². The molecule has 0 heterocycles. The van der Waals surface area contributed by atoms with Crippen LogP contribution in [0.4, 0.5) is 0 Å². The highest BCUT2D eigenvalue weighted by molar-refractivity contribution is 6.60. The molecule has 0 aromatic heterocycles. The predicted octanol–water partition coefficient (Wildman–Crippen LogP) is 2.92. The van der Waals surface area contributed by atoms with E-state index in [9.17, 15) is 0 Å². The quantitative estimate of drug-likeness (QED) is 0.793. The molecule has 0 saturated carbocycles. The molecule has 0 bridgehead atoms. The SMILES string of the molecule is CCCC1=C[C]([SiH2]c2ccccc2)C=C1.CCNCC.